The number of aromatic nitrogens is 2. The van der Waals surface area contributed by atoms with Crippen molar-refractivity contribution >= 4 is 56.2 Å². The van der Waals surface area contributed by atoms with Crippen molar-refractivity contribution in [2.75, 3.05) is 10.6 Å². The highest BCUT2D eigenvalue weighted by Gasteiger charge is 2.19. The first kappa shape index (κ1) is 18.4. The number of nitrogens with zero attached hydrogens (tertiary/aromatic N) is 3. The van der Waals surface area contributed by atoms with Crippen molar-refractivity contribution in [1.82, 2.24) is 10.2 Å². The minimum Gasteiger partial charge on any atom is -0.330 e. The molecular formula is C17H15N5OS3. The fourth-order valence-corrected chi connectivity index (χ4v) is 4.72. The molecule has 0 saturated heterocycles. The molecule has 0 aliphatic carbocycles. The van der Waals surface area contributed by atoms with Gasteiger partial charge in [-0.2, -0.15) is 5.26 Å². The summed E-state index contributed by atoms with van der Waals surface area (Å²) < 4.78 is 0.703. The molecule has 132 valence electrons. The first-order valence-corrected chi connectivity index (χ1v) is 10.2. The molecule has 1 aromatic carbocycles. The molecule has 9 heteroatoms. The van der Waals surface area contributed by atoms with Crippen LogP contribution >= 0.6 is 34.4 Å². The molecule has 0 radical (unpaired) electrons. The van der Waals surface area contributed by atoms with E-state index in [1.54, 1.807) is 18.4 Å². The zero-order valence-corrected chi connectivity index (χ0v) is 16.5. The molecule has 1 atom stereocenters. The average Bonchev–Trinajstić information content (AvgIpc) is 3.24. The predicted octanol–water partition coefficient (Wildman–Crippen LogP) is 4.64. The van der Waals surface area contributed by atoms with Crippen LogP contribution in [0, 0.1) is 18.3 Å². The fraction of sp³-hybridized carbons (Fsp3) is 0.176. The summed E-state index contributed by atoms with van der Waals surface area (Å²) in [5.74, 6) is -0.169. The van der Waals surface area contributed by atoms with E-state index < -0.39 is 0 Å². The Balaban J connectivity index is 1.59. The third-order valence-electron chi connectivity index (χ3n) is 3.35. The third kappa shape index (κ3) is 4.60. The fourth-order valence-electron chi connectivity index (χ4n) is 2.07. The lowest BCUT2D eigenvalue weighted by Gasteiger charge is -2.08. The highest BCUT2D eigenvalue weighted by Crippen LogP contribution is 2.31. The summed E-state index contributed by atoms with van der Waals surface area (Å²) in [5.41, 5.74) is 2.58. The van der Waals surface area contributed by atoms with Gasteiger partial charge in [0, 0.05) is 5.69 Å². The molecule has 0 aliphatic rings. The Morgan fingerprint density at radius 2 is 2.19 bits per heavy atom. The van der Waals surface area contributed by atoms with Gasteiger partial charge in [-0.15, -0.1) is 21.5 Å². The van der Waals surface area contributed by atoms with E-state index in [1.165, 1.54) is 34.4 Å². The molecule has 0 saturated carbocycles. The monoisotopic (exact) mass is 401 g/mol. The van der Waals surface area contributed by atoms with Crippen LogP contribution < -0.4 is 10.6 Å². The molecule has 1 amide bonds. The van der Waals surface area contributed by atoms with Crippen LogP contribution in [0.15, 0.2) is 40.1 Å². The average molecular weight is 402 g/mol. The number of rotatable bonds is 6. The smallest absolute Gasteiger partial charge is 0.238 e. The van der Waals surface area contributed by atoms with E-state index >= 15 is 0 Å². The Morgan fingerprint density at radius 1 is 1.35 bits per heavy atom. The van der Waals surface area contributed by atoms with Gasteiger partial charge in [0.15, 0.2) is 4.34 Å². The van der Waals surface area contributed by atoms with Gasteiger partial charge in [-0.05, 0) is 43.0 Å². The summed E-state index contributed by atoms with van der Waals surface area (Å²) in [4.78, 5) is 12.3. The lowest BCUT2D eigenvalue weighted by atomic mass is 10.2. The minimum absolute atomic E-state index is 0.169. The van der Waals surface area contributed by atoms with E-state index in [1.807, 2.05) is 31.2 Å². The first-order valence-electron chi connectivity index (χ1n) is 7.67. The van der Waals surface area contributed by atoms with Gasteiger partial charge in [-0.1, -0.05) is 35.2 Å². The molecule has 6 nitrogen and oxygen atoms in total. The van der Waals surface area contributed by atoms with E-state index in [0.29, 0.717) is 20.0 Å². The van der Waals surface area contributed by atoms with Crippen LogP contribution in [-0.4, -0.2) is 21.4 Å². The molecule has 0 aliphatic heterocycles. The summed E-state index contributed by atoms with van der Waals surface area (Å²) in [7, 11) is 0. The topological polar surface area (TPSA) is 90.7 Å². The van der Waals surface area contributed by atoms with Gasteiger partial charge in [0.05, 0.1) is 10.8 Å². The maximum atomic E-state index is 12.3. The molecule has 2 aromatic heterocycles. The lowest BCUT2D eigenvalue weighted by Crippen LogP contribution is -2.22. The standard InChI is InChI=1S/C17H15N5OS3/c1-10-4-3-5-13(8-10)19-16-21-22-17(26-16)25-11(2)14(23)20-15-12(9-18)6-7-24-15/h3-8,11H,1-2H3,(H,19,21)(H,20,23)/t11-/m0/s1. The molecule has 0 fully saturated rings. The number of carbonyl (C=O) groups excluding carboxylic acids is 1. The summed E-state index contributed by atoms with van der Waals surface area (Å²) in [5, 5.41) is 25.9. The molecular weight excluding hydrogens is 386 g/mol. The van der Waals surface area contributed by atoms with Crippen molar-refractivity contribution < 1.29 is 4.79 Å². The normalized spacial score (nSPS) is 11.6. The zero-order valence-electron chi connectivity index (χ0n) is 14.0. The van der Waals surface area contributed by atoms with Crippen LogP contribution in [-0.2, 0) is 4.79 Å². The molecule has 3 aromatic rings. The van der Waals surface area contributed by atoms with Crippen LogP contribution in [0.5, 0.6) is 0 Å². The summed E-state index contributed by atoms with van der Waals surface area (Å²) in [6.07, 6.45) is 0. The van der Waals surface area contributed by atoms with Gasteiger partial charge in [0.25, 0.3) is 0 Å². The summed E-state index contributed by atoms with van der Waals surface area (Å²) in [6.45, 7) is 3.83. The lowest BCUT2D eigenvalue weighted by molar-refractivity contribution is -0.115. The van der Waals surface area contributed by atoms with Crippen LogP contribution in [0.4, 0.5) is 15.8 Å². The van der Waals surface area contributed by atoms with Crippen molar-refractivity contribution in [2.24, 2.45) is 0 Å². The molecule has 0 spiro atoms. The molecule has 26 heavy (non-hydrogen) atoms. The molecule has 2 N–H and O–H groups in total. The maximum Gasteiger partial charge on any atom is 0.238 e. The third-order valence-corrected chi connectivity index (χ3v) is 6.20. The van der Waals surface area contributed by atoms with Crippen LogP contribution in [0.25, 0.3) is 0 Å². The Bertz CT molecular complexity index is 959. The molecule has 2 heterocycles. The molecule has 3 rings (SSSR count). The van der Waals surface area contributed by atoms with Gasteiger partial charge in [0.1, 0.15) is 11.1 Å². The highest BCUT2D eigenvalue weighted by molar-refractivity contribution is 8.02. The van der Waals surface area contributed by atoms with Crippen LogP contribution in [0.2, 0.25) is 0 Å². The van der Waals surface area contributed by atoms with E-state index in [2.05, 4.69) is 26.9 Å². The number of nitrogens with one attached hydrogen (secondary N) is 2. The van der Waals surface area contributed by atoms with Crippen molar-refractivity contribution in [3.8, 4) is 6.07 Å². The van der Waals surface area contributed by atoms with E-state index in [0.717, 1.165) is 11.3 Å². The van der Waals surface area contributed by atoms with Crippen LogP contribution in [0.3, 0.4) is 0 Å². The Labute approximate surface area is 163 Å². The van der Waals surface area contributed by atoms with Gasteiger partial charge >= 0.3 is 0 Å². The van der Waals surface area contributed by atoms with E-state index in [4.69, 9.17) is 5.26 Å². The first-order chi connectivity index (χ1) is 12.5. The summed E-state index contributed by atoms with van der Waals surface area (Å²) >= 11 is 4.06. The van der Waals surface area contributed by atoms with E-state index in [-0.39, 0.29) is 11.2 Å². The molecule has 0 bridgehead atoms. The van der Waals surface area contributed by atoms with Gasteiger partial charge < -0.3 is 10.6 Å². The Kier molecular flexibility index (Phi) is 5.88. The second-order valence-electron chi connectivity index (χ2n) is 5.39. The number of hydrogen-bond donors (Lipinski definition) is 2. The van der Waals surface area contributed by atoms with Gasteiger partial charge in [-0.25, -0.2) is 0 Å². The van der Waals surface area contributed by atoms with Crippen molar-refractivity contribution in [3.05, 3.63) is 46.8 Å². The highest BCUT2D eigenvalue weighted by atomic mass is 32.2. The van der Waals surface area contributed by atoms with E-state index in [9.17, 15) is 4.79 Å². The SMILES string of the molecule is Cc1cccc(Nc2nnc(S[C@@H](C)C(=O)Nc3sccc3C#N)s2)c1. The molecule has 0 unspecified atom stereocenters. The van der Waals surface area contributed by atoms with Crippen LogP contribution in [0.1, 0.15) is 18.1 Å². The number of thioether (sulfide) groups is 1. The maximum absolute atomic E-state index is 12.3. The number of carbonyl (C=O) groups is 1. The Hall–Kier alpha value is -2.41. The number of amides is 1. The summed E-state index contributed by atoms with van der Waals surface area (Å²) in [6, 6.07) is 11.7. The van der Waals surface area contributed by atoms with Crippen molar-refractivity contribution in [2.45, 2.75) is 23.4 Å². The van der Waals surface area contributed by atoms with Crippen molar-refractivity contribution in [1.29, 1.82) is 5.26 Å². The van der Waals surface area contributed by atoms with Crippen molar-refractivity contribution in [3.63, 3.8) is 0 Å². The quantitative estimate of drug-likeness (QED) is 0.585. The number of hydrogen-bond acceptors (Lipinski definition) is 8. The minimum atomic E-state index is -0.358. The number of thiophene rings is 1. The number of nitriles is 1. The number of benzene rings is 1. The van der Waals surface area contributed by atoms with Gasteiger partial charge in [-0.3, -0.25) is 4.79 Å². The zero-order chi connectivity index (χ0) is 18.5. The second-order valence-corrected chi connectivity index (χ2v) is 8.87. The number of anilines is 3. The van der Waals surface area contributed by atoms with Gasteiger partial charge in [0.2, 0.25) is 11.0 Å². The number of aryl methyl sites for hydroxylation is 1. The largest absolute Gasteiger partial charge is 0.330 e. The second kappa shape index (κ2) is 8.31. The predicted molar refractivity (Wildman–Crippen MR) is 107 cm³/mol. The Morgan fingerprint density at radius 3 is 2.96 bits per heavy atom.